The summed E-state index contributed by atoms with van der Waals surface area (Å²) in [5, 5.41) is 8.85. The Balaban J connectivity index is 1.96. The molecule has 2 rings (SSSR count). The smallest absolute Gasteiger partial charge is 0.128 e. The molecule has 0 aromatic carbocycles. The Bertz CT molecular complexity index is 276. The number of hydrogen-bond donors (Lipinski definition) is 1. The molecule has 1 aromatic heterocycles. The van der Waals surface area contributed by atoms with Gasteiger partial charge in [0.05, 0.1) is 0 Å². The summed E-state index contributed by atoms with van der Waals surface area (Å²) in [7, 11) is 0. The zero-order valence-corrected chi connectivity index (χ0v) is 8.26. The lowest BCUT2D eigenvalue weighted by molar-refractivity contribution is 0.263. The zero-order valence-electron chi connectivity index (χ0n) is 8.26. The van der Waals surface area contributed by atoms with Crippen LogP contribution in [0.25, 0.3) is 0 Å². The minimum Gasteiger partial charge on any atom is -0.396 e. The van der Waals surface area contributed by atoms with Gasteiger partial charge in [0.25, 0.3) is 0 Å². The largest absolute Gasteiger partial charge is 0.396 e. The predicted molar refractivity (Wildman–Crippen MR) is 56.3 cm³/mol. The molecule has 3 heteroatoms. The van der Waals surface area contributed by atoms with Crippen LogP contribution in [0.3, 0.4) is 0 Å². The molecule has 0 spiro atoms. The van der Waals surface area contributed by atoms with Crippen LogP contribution in [0.4, 0.5) is 5.82 Å². The minimum atomic E-state index is 0.306. The lowest BCUT2D eigenvalue weighted by Crippen LogP contribution is -2.20. The number of anilines is 1. The van der Waals surface area contributed by atoms with Gasteiger partial charge in [-0.2, -0.15) is 0 Å². The molecule has 1 N–H and O–H groups in total. The summed E-state index contributed by atoms with van der Waals surface area (Å²) in [6.07, 6.45) is 3.93. The van der Waals surface area contributed by atoms with Crippen LogP contribution in [0.5, 0.6) is 0 Å². The Labute approximate surface area is 84.4 Å². The first-order chi connectivity index (χ1) is 6.90. The number of hydrogen-bond acceptors (Lipinski definition) is 3. The Kier molecular flexibility index (Phi) is 2.99. The minimum absolute atomic E-state index is 0.306. The molecule has 0 aliphatic carbocycles. The molecule has 1 aliphatic heterocycles. The van der Waals surface area contributed by atoms with Gasteiger partial charge < -0.3 is 10.0 Å². The van der Waals surface area contributed by atoms with E-state index in [-0.39, 0.29) is 0 Å². The highest BCUT2D eigenvalue weighted by Crippen LogP contribution is 2.23. The molecule has 1 atom stereocenters. The molecule has 0 saturated carbocycles. The van der Waals surface area contributed by atoms with Crippen LogP contribution in [0.1, 0.15) is 12.8 Å². The Morgan fingerprint density at radius 2 is 2.43 bits per heavy atom. The number of aromatic nitrogens is 1. The number of nitrogens with zero attached hydrogens (tertiary/aromatic N) is 2. The van der Waals surface area contributed by atoms with Gasteiger partial charge in [-0.05, 0) is 30.9 Å². The van der Waals surface area contributed by atoms with Gasteiger partial charge in [0.15, 0.2) is 0 Å². The van der Waals surface area contributed by atoms with Crippen molar-refractivity contribution in [3.63, 3.8) is 0 Å². The van der Waals surface area contributed by atoms with Crippen molar-refractivity contribution in [3.8, 4) is 0 Å². The molecule has 76 valence electrons. The van der Waals surface area contributed by atoms with Crippen LogP contribution in [0.15, 0.2) is 24.4 Å². The van der Waals surface area contributed by atoms with Crippen molar-refractivity contribution in [1.82, 2.24) is 4.98 Å². The maximum absolute atomic E-state index is 8.85. The first-order valence-electron chi connectivity index (χ1n) is 5.17. The average molecular weight is 192 g/mol. The summed E-state index contributed by atoms with van der Waals surface area (Å²) >= 11 is 0. The van der Waals surface area contributed by atoms with Crippen molar-refractivity contribution in [1.29, 1.82) is 0 Å². The second kappa shape index (κ2) is 4.42. The van der Waals surface area contributed by atoms with Gasteiger partial charge in [-0.3, -0.25) is 0 Å². The van der Waals surface area contributed by atoms with Gasteiger partial charge >= 0.3 is 0 Å². The van der Waals surface area contributed by atoms with Crippen molar-refractivity contribution in [2.24, 2.45) is 5.92 Å². The first-order valence-corrected chi connectivity index (χ1v) is 5.17. The third kappa shape index (κ3) is 2.04. The van der Waals surface area contributed by atoms with Crippen LogP contribution in [0, 0.1) is 5.92 Å². The zero-order chi connectivity index (χ0) is 9.80. The fourth-order valence-corrected chi connectivity index (χ4v) is 2.00. The van der Waals surface area contributed by atoms with E-state index in [4.69, 9.17) is 5.11 Å². The molecule has 1 aliphatic rings. The fourth-order valence-electron chi connectivity index (χ4n) is 2.00. The summed E-state index contributed by atoms with van der Waals surface area (Å²) in [6, 6.07) is 5.99. The van der Waals surface area contributed by atoms with Gasteiger partial charge in [0, 0.05) is 25.9 Å². The molecular weight excluding hydrogens is 176 g/mol. The number of aliphatic hydroxyl groups excluding tert-OH is 1. The maximum atomic E-state index is 8.85. The molecule has 1 fully saturated rings. The fraction of sp³-hybridized carbons (Fsp3) is 0.545. The highest BCUT2D eigenvalue weighted by molar-refractivity contribution is 5.38. The lowest BCUT2D eigenvalue weighted by Gasteiger charge is -2.16. The number of aliphatic hydroxyl groups is 1. The van der Waals surface area contributed by atoms with Crippen LogP contribution in [0.2, 0.25) is 0 Å². The lowest BCUT2D eigenvalue weighted by atomic mass is 10.1. The summed E-state index contributed by atoms with van der Waals surface area (Å²) in [4.78, 5) is 6.61. The van der Waals surface area contributed by atoms with Crippen molar-refractivity contribution in [3.05, 3.63) is 24.4 Å². The van der Waals surface area contributed by atoms with Crippen LogP contribution >= 0.6 is 0 Å². The first kappa shape index (κ1) is 9.46. The van der Waals surface area contributed by atoms with Crippen LogP contribution < -0.4 is 4.90 Å². The van der Waals surface area contributed by atoms with Gasteiger partial charge in [-0.25, -0.2) is 4.98 Å². The van der Waals surface area contributed by atoms with E-state index in [1.54, 1.807) is 0 Å². The SMILES string of the molecule is OCC[C@@H]1CCN(c2ccccn2)C1. The average Bonchev–Trinajstić information content (AvgIpc) is 2.68. The van der Waals surface area contributed by atoms with Crippen molar-refractivity contribution in [2.45, 2.75) is 12.8 Å². The number of rotatable bonds is 3. The van der Waals surface area contributed by atoms with E-state index in [2.05, 4.69) is 9.88 Å². The summed E-state index contributed by atoms with van der Waals surface area (Å²) in [6.45, 7) is 2.42. The molecule has 0 amide bonds. The topological polar surface area (TPSA) is 36.4 Å². The van der Waals surface area contributed by atoms with E-state index >= 15 is 0 Å². The van der Waals surface area contributed by atoms with Gasteiger partial charge in [0.1, 0.15) is 5.82 Å². The van der Waals surface area contributed by atoms with Gasteiger partial charge in [-0.15, -0.1) is 0 Å². The van der Waals surface area contributed by atoms with E-state index in [1.165, 1.54) is 6.42 Å². The maximum Gasteiger partial charge on any atom is 0.128 e. The monoisotopic (exact) mass is 192 g/mol. The summed E-state index contributed by atoms with van der Waals surface area (Å²) in [5.41, 5.74) is 0. The normalized spacial score (nSPS) is 21.5. The summed E-state index contributed by atoms with van der Waals surface area (Å²) in [5.74, 6) is 1.70. The highest BCUT2D eigenvalue weighted by Gasteiger charge is 2.22. The number of pyridine rings is 1. The standard InChI is InChI=1S/C11H16N2O/c14-8-5-10-4-7-13(9-10)11-3-1-2-6-12-11/h1-3,6,10,14H,4-5,7-9H2/t10-/m0/s1. The van der Waals surface area contributed by atoms with E-state index < -0.39 is 0 Å². The van der Waals surface area contributed by atoms with E-state index in [9.17, 15) is 0 Å². The van der Waals surface area contributed by atoms with E-state index in [0.29, 0.717) is 12.5 Å². The Hall–Kier alpha value is -1.09. The second-order valence-electron chi connectivity index (χ2n) is 3.80. The molecule has 3 nitrogen and oxygen atoms in total. The van der Waals surface area contributed by atoms with Crippen LogP contribution in [-0.2, 0) is 0 Å². The third-order valence-corrected chi connectivity index (χ3v) is 2.80. The molecule has 14 heavy (non-hydrogen) atoms. The second-order valence-corrected chi connectivity index (χ2v) is 3.80. The molecule has 1 saturated heterocycles. The molecule has 0 unspecified atom stereocenters. The van der Waals surface area contributed by atoms with Crippen molar-refractivity contribution < 1.29 is 5.11 Å². The molecule has 0 bridgehead atoms. The highest BCUT2D eigenvalue weighted by atomic mass is 16.3. The van der Waals surface area contributed by atoms with E-state index in [1.807, 2.05) is 24.4 Å². The molecule has 2 heterocycles. The molecular formula is C11H16N2O. The van der Waals surface area contributed by atoms with E-state index in [0.717, 1.165) is 25.3 Å². The van der Waals surface area contributed by atoms with Crippen molar-refractivity contribution >= 4 is 5.82 Å². The van der Waals surface area contributed by atoms with Crippen molar-refractivity contribution in [2.75, 3.05) is 24.6 Å². The summed E-state index contributed by atoms with van der Waals surface area (Å²) < 4.78 is 0. The van der Waals surface area contributed by atoms with Crippen LogP contribution in [-0.4, -0.2) is 29.8 Å². The van der Waals surface area contributed by atoms with Gasteiger partial charge in [0.2, 0.25) is 0 Å². The third-order valence-electron chi connectivity index (χ3n) is 2.80. The molecule has 1 aromatic rings. The quantitative estimate of drug-likeness (QED) is 0.784. The Morgan fingerprint density at radius 3 is 3.14 bits per heavy atom. The van der Waals surface area contributed by atoms with Gasteiger partial charge in [-0.1, -0.05) is 6.07 Å². The Morgan fingerprint density at radius 1 is 1.50 bits per heavy atom. The predicted octanol–water partition coefficient (Wildman–Crippen LogP) is 1.29. The molecule has 0 radical (unpaired) electrons.